The van der Waals surface area contributed by atoms with Gasteiger partial charge in [0, 0.05) is 12.1 Å². The number of fused-ring (bicyclic) bond motifs is 5. The summed E-state index contributed by atoms with van der Waals surface area (Å²) in [5.41, 5.74) is 8.44. The molecular weight excluding hydrogens is 208 g/mol. The smallest absolute Gasteiger partial charge is 0.0303 e. The van der Waals surface area contributed by atoms with E-state index in [9.17, 15) is 0 Å². The first-order valence-corrected chi connectivity index (χ1v) is 7.55. The molecule has 0 aromatic heterocycles. The van der Waals surface area contributed by atoms with Crippen LogP contribution >= 0.6 is 0 Å². The lowest BCUT2D eigenvalue weighted by molar-refractivity contribution is 0.0766. The fourth-order valence-electron chi connectivity index (χ4n) is 5.50. The maximum absolute atomic E-state index is 3.73. The molecule has 1 aliphatic heterocycles. The predicted octanol–water partition coefficient (Wildman–Crippen LogP) is 2.70. The summed E-state index contributed by atoms with van der Waals surface area (Å²) in [6, 6.07) is 1.50. The lowest BCUT2D eigenvalue weighted by atomic mass is 9.69. The van der Waals surface area contributed by atoms with Crippen molar-refractivity contribution in [2.24, 2.45) is 28.6 Å². The fraction of sp³-hybridized carbons (Fsp3) is 1.00. The summed E-state index contributed by atoms with van der Waals surface area (Å²) >= 11 is 0. The van der Waals surface area contributed by atoms with E-state index >= 15 is 0 Å². The molecule has 2 N–H and O–H groups in total. The van der Waals surface area contributed by atoms with Crippen LogP contribution in [0.1, 0.15) is 52.9 Å². The first-order valence-electron chi connectivity index (χ1n) is 7.55. The molecule has 96 valence electrons. The summed E-state index contributed by atoms with van der Waals surface area (Å²) in [4.78, 5) is 0. The Morgan fingerprint density at radius 1 is 1.00 bits per heavy atom. The monoisotopic (exact) mass is 234 g/mol. The van der Waals surface area contributed by atoms with Crippen LogP contribution in [-0.2, 0) is 0 Å². The molecule has 3 unspecified atom stereocenters. The second-order valence-corrected chi connectivity index (χ2v) is 7.89. The minimum Gasteiger partial charge on any atom is -0.254 e. The molecule has 17 heavy (non-hydrogen) atoms. The first kappa shape index (κ1) is 10.8. The lowest BCUT2D eigenvalue weighted by Crippen LogP contribution is -2.61. The highest BCUT2D eigenvalue weighted by Crippen LogP contribution is 2.69. The van der Waals surface area contributed by atoms with E-state index < -0.39 is 0 Å². The molecule has 3 aliphatic carbocycles. The summed E-state index contributed by atoms with van der Waals surface area (Å²) in [6.45, 7) is 7.58. The van der Waals surface area contributed by atoms with Crippen LogP contribution in [0.5, 0.6) is 0 Å². The molecule has 3 saturated carbocycles. The highest BCUT2D eigenvalue weighted by molar-refractivity contribution is 5.18. The van der Waals surface area contributed by atoms with Crippen LogP contribution in [-0.4, -0.2) is 12.1 Å². The van der Waals surface area contributed by atoms with Crippen molar-refractivity contribution in [3.8, 4) is 0 Å². The maximum Gasteiger partial charge on any atom is 0.0303 e. The van der Waals surface area contributed by atoms with Gasteiger partial charge < -0.3 is 0 Å². The Morgan fingerprint density at radius 3 is 2.47 bits per heavy atom. The predicted molar refractivity (Wildman–Crippen MR) is 69.3 cm³/mol. The molecule has 1 heterocycles. The van der Waals surface area contributed by atoms with Crippen LogP contribution in [0, 0.1) is 28.6 Å². The minimum absolute atomic E-state index is 0.518. The van der Waals surface area contributed by atoms with Crippen molar-refractivity contribution >= 4 is 0 Å². The number of hydrazine groups is 1. The Kier molecular flexibility index (Phi) is 1.96. The maximum atomic E-state index is 3.73. The molecule has 0 amide bonds. The molecule has 1 saturated heterocycles. The van der Waals surface area contributed by atoms with Gasteiger partial charge in [-0.25, -0.2) is 0 Å². The number of hydrogen-bond donors (Lipinski definition) is 2. The third-order valence-electron chi connectivity index (χ3n) is 7.15. The summed E-state index contributed by atoms with van der Waals surface area (Å²) in [7, 11) is 0. The Labute approximate surface area is 105 Å². The zero-order valence-electron chi connectivity index (χ0n) is 11.4. The zero-order valence-corrected chi connectivity index (χ0v) is 11.4. The third kappa shape index (κ3) is 1.19. The number of rotatable bonds is 1. The fourth-order valence-corrected chi connectivity index (χ4v) is 5.50. The van der Waals surface area contributed by atoms with Crippen LogP contribution in [0.4, 0.5) is 0 Å². The van der Waals surface area contributed by atoms with Gasteiger partial charge in [-0.3, -0.25) is 10.9 Å². The van der Waals surface area contributed by atoms with E-state index in [1.54, 1.807) is 0 Å². The summed E-state index contributed by atoms with van der Waals surface area (Å²) in [5, 5.41) is 0. The van der Waals surface area contributed by atoms with Crippen molar-refractivity contribution in [2.45, 2.75) is 65.0 Å². The molecule has 4 rings (SSSR count). The van der Waals surface area contributed by atoms with Gasteiger partial charge in [-0.05, 0) is 60.7 Å². The topological polar surface area (TPSA) is 24.1 Å². The van der Waals surface area contributed by atoms with E-state index in [2.05, 4.69) is 31.6 Å². The lowest BCUT2D eigenvalue weighted by Gasteiger charge is -2.45. The molecule has 0 spiro atoms. The summed E-state index contributed by atoms with van der Waals surface area (Å²) in [5.74, 6) is 2.89. The van der Waals surface area contributed by atoms with Gasteiger partial charge in [0.2, 0.25) is 0 Å². The third-order valence-corrected chi connectivity index (χ3v) is 7.15. The minimum atomic E-state index is 0.518. The number of hydrogen-bond acceptors (Lipinski definition) is 2. The van der Waals surface area contributed by atoms with Crippen molar-refractivity contribution in [3.05, 3.63) is 0 Å². The highest BCUT2D eigenvalue weighted by Gasteiger charge is 2.67. The molecule has 2 heteroatoms. The van der Waals surface area contributed by atoms with E-state index in [0.29, 0.717) is 10.8 Å². The Bertz CT molecular complexity index is 347. The first-order chi connectivity index (χ1) is 8.04. The van der Waals surface area contributed by atoms with Crippen LogP contribution < -0.4 is 10.9 Å². The average molecular weight is 234 g/mol. The quantitative estimate of drug-likeness (QED) is 0.729. The van der Waals surface area contributed by atoms with E-state index in [4.69, 9.17) is 0 Å². The Hall–Kier alpha value is -0.0800. The molecule has 2 nitrogen and oxygen atoms in total. The van der Waals surface area contributed by atoms with Crippen molar-refractivity contribution in [3.63, 3.8) is 0 Å². The van der Waals surface area contributed by atoms with Crippen molar-refractivity contribution in [1.82, 2.24) is 10.9 Å². The molecular formula is C15H26N2. The van der Waals surface area contributed by atoms with Gasteiger partial charge in [-0.2, -0.15) is 0 Å². The van der Waals surface area contributed by atoms with E-state index in [0.717, 1.165) is 29.8 Å². The van der Waals surface area contributed by atoms with Crippen LogP contribution in [0.2, 0.25) is 0 Å². The van der Waals surface area contributed by atoms with Gasteiger partial charge in [0.05, 0.1) is 0 Å². The van der Waals surface area contributed by atoms with Gasteiger partial charge in [0.1, 0.15) is 0 Å². The van der Waals surface area contributed by atoms with Gasteiger partial charge in [0.25, 0.3) is 0 Å². The van der Waals surface area contributed by atoms with Crippen LogP contribution in [0.3, 0.4) is 0 Å². The number of nitrogens with one attached hydrogen (secondary N) is 2. The van der Waals surface area contributed by atoms with Crippen LogP contribution in [0.25, 0.3) is 0 Å². The molecule has 0 radical (unpaired) electrons. The second-order valence-electron chi connectivity index (χ2n) is 7.89. The van der Waals surface area contributed by atoms with Gasteiger partial charge >= 0.3 is 0 Å². The Morgan fingerprint density at radius 2 is 1.76 bits per heavy atom. The Balaban J connectivity index is 1.64. The van der Waals surface area contributed by atoms with E-state index in [1.165, 1.54) is 32.1 Å². The van der Waals surface area contributed by atoms with Crippen molar-refractivity contribution < 1.29 is 0 Å². The molecule has 0 aromatic carbocycles. The summed E-state index contributed by atoms with van der Waals surface area (Å²) in [6.07, 6.45) is 7.26. The van der Waals surface area contributed by atoms with Crippen molar-refractivity contribution in [2.75, 3.05) is 0 Å². The van der Waals surface area contributed by atoms with E-state index in [-0.39, 0.29) is 0 Å². The molecule has 5 atom stereocenters. The molecule has 4 fully saturated rings. The standard InChI is InChI=1S/C15H26N2/c1-14(2)11-6-7-15(14,3)13-10(11)8-12(16-17-13)9-4-5-9/h9-13,16-17H,4-8H2,1-3H3/t10?,11-,12?,13?,15-/m0/s1. The van der Waals surface area contributed by atoms with E-state index in [1.807, 2.05) is 0 Å². The highest BCUT2D eigenvalue weighted by atomic mass is 15.4. The van der Waals surface area contributed by atoms with Gasteiger partial charge in [0.15, 0.2) is 0 Å². The van der Waals surface area contributed by atoms with Crippen LogP contribution in [0.15, 0.2) is 0 Å². The normalized spacial score (nSPS) is 55.9. The molecule has 4 aliphatic rings. The largest absolute Gasteiger partial charge is 0.254 e. The molecule has 0 aromatic rings. The zero-order chi connectivity index (χ0) is 11.8. The van der Waals surface area contributed by atoms with Crippen molar-refractivity contribution in [1.29, 1.82) is 0 Å². The average Bonchev–Trinajstić information content (AvgIpc) is 3.07. The SMILES string of the molecule is CC1(C)[C@H]2CC[C@@]1(C)C1NNC(C3CC3)CC12. The second kappa shape index (κ2) is 3.08. The van der Waals surface area contributed by atoms with Gasteiger partial charge in [-0.15, -0.1) is 0 Å². The molecule has 2 bridgehead atoms. The summed E-state index contributed by atoms with van der Waals surface area (Å²) < 4.78 is 0. The van der Waals surface area contributed by atoms with Gasteiger partial charge in [-0.1, -0.05) is 20.8 Å².